The molecule has 24 heavy (non-hydrogen) atoms. The lowest BCUT2D eigenvalue weighted by Crippen LogP contribution is -2.66. The molecule has 0 aromatic heterocycles. The van der Waals surface area contributed by atoms with Crippen molar-refractivity contribution in [3.63, 3.8) is 0 Å². The van der Waals surface area contributed by atoms with Crippen LogP contribution in [0.2, 0.25) is 0 Å². The zero-order valence-corrected chi connectivity index (χ0v) is 14.2. The fraction of sp³-hybridized carbons (Fsp3) is 0.412. The fourth-order valence-electron chi connectivity index (χ4n) is 3.12. The number of hydrogen-bond donors (Lipinski definition) is 2. The molecule has 1 heterocycles. The van der Waals surface area contributed by atoms with E-state index in [1.165, 1.54) is 17.5 Å². The summed E-state index contributed by atoms with van der Waals surface area (Å²) in [6, 6.07) is 9.38. The third kappa shape index (κ3) is 3.37. The van der Waals surface area contributed by atoms with Crippen LogP contribution in [0.1, 0.15) is 25.7 Å². The number of rotatable bonds is 3. The van der Waals surface area contributed by atoms with Crippen molar-refractivity contribution in [3.05, 3.63) is 30.3 Å². The maximum absolute atomic E-state index is 12.8. The molecule has 6 nitrogen and oxygen atoms in total. The number of nitrogens with zero attached hydrogens (tertiary/aromatic N) is 2. The molecule has 3 rings (SSSR count). The molecular weight excluding hydrogens is 324 g/mol. The molecule has 1 saturated carbocycles. The van der Waals surface area contributed by atoms with E-state index in [0.29, 0.717) is 5.69 Å². The van der Waals surface area contributed by atoms with Gasteiger partial charge in [-0.05, 0) is 37.2 Å². The molecule has 0 bridgehead atoms. The first-order valence-corrected chi connectivity index (χ1v) is 8.59. The lowest BCUT2D eigenvalue weighted by atomic mass is 9.91. The minimum atomic E-state index is -0.953. The lowest BCUT2D eigenvalue weighted by Gasteiger charge is -2.31. The van der Waals surface area contributed by atoms with Gasteiger partial charge in [0.15, 0.2) is 11.0 Å². The summed E-state index contributed by atoms with van der Waals surface area (Å²) in [6.07, 6.45) is 5.74. The van der Waals surface area contributed by atoms with Crippen molar-refractivity contribution in [2.45, 2.75) is 37.8 Å². The highest BCUT2D eigenvalue weighted by Gasteiger charge is 2.38. The number of para-hydroxylation sites is 1. The topological polar surface area (TPSA) is 89.4 Å². The number of amides is 2. The number of quaternary nitrogens is 1. The van der Waals surface area contributed by atoms with Crippen LogP contribution in [-0.4, -0.2) is 35.2 Å². The molecule has 1 saturated heterocycles. The highest BCUT2D eigenvalue weighted by Crippen LogP contribution is 2.21. The maximum Gasteiger partial charge on any atom is 0.251 e. The van der Waals surface area contributed by atoms with Crippen molar-refractivity contribution in [1.29, 1.82) is 0 Å². The Bertz CT molecular complexity index is 676. The van der Waals surface area contributed by atoms with Crippen LogP contribution in [-0.2, 0) is 9.59 Å². The fourth-order valence-corrected chi connectivity index (χ4v) is 3.42. The molecule has 0 unspecified atom stereocenters. The second-order valence-corrected chi connectivity index (χ2v) is 6.58. The number of benzene rings is 1. The summed E-state index contributed by atoms with van der Waals surface area (Å²) in [5.74, 6) is -1.74. The highest BCUT2D eigenvalue weighted by atomic mass is 32.1. The van der Waals surface area contributed by atoms with Gasteiger partial charge >= 0.3 is 0 Å². The number of aliphatic imine (C=N–C) groups is 1. The Kier molecular flexibility index (Phi) is 5.01. The summed E-state index contributed by atoms with van der Waals surface area (Å²) in [6.45, 7) is 0. The van der Waals surface area contributed by atoms with Crippen molar-refractivity contribution < 1.29 is 15.3 Å². The SMILES string of the molecule is [NH3+][C@@H]1CCCC[C@@H]1N=C[C@@H]1C(=O)NC(=S)N(c2ccccc2)C1=O. The largest absolute Gasteiger partial charge is 0.353 e. The minimum absolute atomic E-state index is 0.0819. The van der Waals surface area contributed by atoms with Gasteiger partial charge in [-0.3, -0.25) is 19.5 Å². The first-order valence-electron chi connectivity index (χ1n) is 8.18. The third-order valence-corrected chi connectivity index (χ3v) is 4.80. The smallest absolute Gasteiger partial charge is 0.251 e. The van der Waals surface area contributed by atoms with E-state index in [2.05, 4.69) is 16.0 Å². The van der Waals surface area contributed by atoms with Gasteiger partial charge in [0.25, 0.3) is 5.91 Å². The Morgan fingerprint density at radius 1 is 1.21 bits per heavy atom. The molecule has 1 aliphatic carbocycles. The van der Waals surface area contributed by atoms with Gasteiger partial charge in [0.05, 0.1) is 5.69 Å². The van der Waals surface area contributed by atoms with E-state index in [1.54, 1.807) is 12.1 Å². The van der Waals surface area contributed by atoms with Crippen LogP contribution in [0.3, 0.4) is 0 Å². The molecule has 3 atom stereocenters. The Balaban J connectivity index is 1.80. The van der Waals surface area contributed by atoms with Crippen LogP contribution in [0, 0.1) is 5.92 Å². The van der Waals surface area contributed by atoms with E-state index in [4.69, 9.17) is 12.2 Å². The molecule has 2 amide bonds. The number of nitrogens with one attached hydrogen (secondary N) is 1. The van der Waals surface area contributed by atoms with Gasteiger partial charge in [0.1, 0.15) is 12.1 Å². The summed E-state index contributed by atoms with van der Waals surface area (Å²) in [5.41, 5.74) is 4.76. The van der Waals surface area contributed by atoms with Crippen molar-refractivity contribution in [3.8, 4) is 0 Å². The van der Waals surface area contributed by atoms with Gasteiger partial charge in [-0.15, -0.1) is 0 Å². The van der Waals surface area contributed by atoms with Crippen LogP contribution in [0.25, 0.3) is 0 Å². The Morgan fingerprint density at radius 2 is 1.92 bits per heavy atom. The molecule has 126 valence electrons. The molecule has 2 fully saturated rings. The van der Waals surface area contributed by atoms with Crippen LogP contribution in [0.5, 0.6) is 0 Å². The minimum Gasteiger partial charge on any atom is -0.353 e. The van der Waals surface area contributed by atoms with Gasteiger partial charge in [-0.2, -0.15) is 0 Å². The van der Waals surface area contributed by atoms with E-state index in [0.717, 1.165) is 19.3 Å². The first kappa shape index (κ1) is 16.7. The molecule has 0 spiro atoms. The van der Waals surface area contributed by atoms with Crippen LogP contribution in [0.4, 0.5) is 5.69 Å². The second-order valence-electron chi connectivity index (χ2n) is 6.19. The molecule has 1 aromatic rings. The van der Waals surface area contributed by atoms with Crippen LogP contribution >= 0.6 is 12.2 Å². The van der Waals surface area contributed by atoms with Gasteiger partial charge in [0, 0.05) is 12.6 Å². The normalized spacial score (nSPS) is 28.3. The van der Waals surface area contributed by atoms with Crippen molar-refractivity contribution in [2.24, 2.45) is 10.9 Å². The number of thiocarbonyl (C=S) groups is 1. The zero-order chi connectivity index (χ0) is 17.1. The number of carbonyl (C=O) groups excluding carboxylic acids is 2. The average Bonchev–Trinajstić information content (AvgIpc) is 2.57. The second kappa shape index (κ2) is 7.19. The molecule has 7 heteroatoms. The van der Waals surface area contributed by atoms with Gasteiger partial charge in [-0.1, -0.05) is 24.6 Å². The summed E-state index contributed by atoms with van der Waals surface area (Å²) in [5, 5.41) is 2.70. The summed E-state index contributed by atoms with van der Waals surface area (Å²) >= 11 is 5.16. The average molecular weight is 345 g/mol. The molecule has 1 aromatic carbocycles. The Morgan fingerprint density at radius 3 is 2.62 bits per heavy atom. The van der Waals surface area contributed by atoms with Crippen LogP contribution in [0.15, 0.2) is 35.3 Å². The van der Waals surface area contributed by atoms with E-state index >= 15 is 0 Å². The highest BCUT2D eigenvalue weighted by molar-refractivity contribution is 7.80. The van der Waals surface area contributed by atoms with Crippen molar-refractivity contribution >= 4 is 41.0 Å². The van der Waals surface area contributed by atoms with E-state index in [1.807, 2.05) is 18.2 Å². The first-order chi connectivity index (χ1) is 11.6. The predicted molar refractivity (Wildman–Crippen MR) is 95.6 cm³/mol. The lowest BCUT2D eigenvalue weighted by molar-refractivity contribution is -0.428. The zero-order valence-electron chi connectivity index (χ0n) is 13.4. The summed E-state index contributed by atoms with van der Waals surface area (Å²) in [4.78, 5) is 30.8. The van der Waals surface area contributed by atoms with Crippen molar-refractivity contribution in [1.82, 2.24) is 5.32 Å². The molecule has 1 aliphatic heterocycles. The Hall–Kier alpha value is -2.12. The van der Waals surface area contributed by atoms with Crippen LogP contribution < -0.4 is 16.0 Å². The number of anilines is 1. The molecule has 4 N–H and O–H groups in total. The van der Waals surface area contributed by atoms with E-state index in [-0.39, 0.29) is 23.1 Å². The van der Waals surface area contributed by atoms with Gasteiger partial charge in [0.2, 0.25) is 5.91 Å². The van der Waals surface area contributed by atoms with Gasteiger partial charge < -0.3 is 11.1 Å². The van der Waals surface area contributed by atoms with E-state index in [9.17, 15) is 9.59 Å². The monoisotopic (exact) mass is 345 g/mol. The maximum atomic E-state index is 12.8. The van der Waals surface area contributed by atoms with Crippen molar-refractivity contribution in [2.75, 3.05) is 4.90 Å². The molecule has 2 aliphatic rings. The number of hydrogen-bond acceptors (Lipinski definition) is 4. The quantitative estimate of drug-likeness (QED) is 0.479. The number of carbonyl (C=O) groups is 2. The summed E-state index contributed by atoms with van der Waals surface area (Å²) < 4.78 is 0. The molecule has 0 radical (unpaired) electrons. The third-order valence-electron chi connectivity index (χ3n) is 4.51. The standard InChI is InChI=1S/C17H20N4O2S/c18-13-8-4-5-9-14(13)19-10-12-15(22)20-17(24)21(16(12)23)11-6-2-1-3-7-11/h1-3,6-7,10,12-14H,4-5,8-9,18H2,(H,20,22,24)/p+1/t12-,13-,14+/m1/s1. The molecular formula is C17H21N4O2S+. The summed E-state index contributed by atoms with van der Waals surface area (Å²) in [7, 11) is 0. The van der Waals surface area contributed by atoms with Gasteiger partial charge in [-0.25, -0.2) is 0 Å². The van der Waals surface area contributed by atoms with E-state index < -0.39 is 11.8 Å². The predicted octanol–water partition coefficient (Wildman–Crippen LogP) is 0.674. The Labute approximate surface area is 146 Å².